The van der Waals surface area contributed by atoms with E-state index in [4.69, 9.17) is 4.98 Å². The third kappa shape index (κ3) is 5.24. The van der Waals surface area contributed by atoms with E-state index in [1.807, 2.05) is 43.5 Å². The summed E-state index contributed by atoms with van der Waals surface area (Å²) in [6.07, 6.45) is 5.04. The number of nitro benzene ring substituents is 1. The van der Waals surface area contributed by atoms with Crippen molar-refractivity contribution < 1.29 is 9.72 Å². The van der Waals surface area contributed by atoms with Crippen LogP contribution in [0.15, 0.2) is 53.4 Å². The Hall–Kier alpha value is -2.75. The SMILES string of the molecule is CSc1cccc2sc(N(CCN(C)C)C(=O)C=Cc3cccc([N+](=O)[O-])c3)nc12. The molecule has 1 amide bonds. The predicted molar refractivity (Wildman–Crippen MR) is 124 cm³/mol. The maximum absolute atomic E-state index is 13.0. The number of amides is 1. The van der Waals surface area contributed by atoms with Gasteiger partial charge < -0.3 is 4.90 Å². The highest BCUT2D eigenvalue weighted by molar-refractivity contribution is 7.98. The van der Waals surface area contributed by atoms with Crippen molar-refractivity contribution in [1.82, 2.24) is 9.88 Å². The number of hydrogen-bond acceptors (Lipinski definition) is 7. The van der Waals surface area contributed by atoms with Crippen molar-refractivity contribution in [3.05, 3.63) is 64.2 Å². The van der Waals surface area contributed by atoms with Gasteiger partial charge in [0.05, 0.1) is 15.1 Å². The van der Waals surface area contributed by atoms with Crippen molar-refractivity contribution in [2.24, 2.45) is 0 Å². The van der Waals surface area contributed by atoms with Crippen molar-refractivity contribution in [2.75, 3.05) is 38.3 Å². The Morgan fingerprint density at radius 3 is 2.70 bits per heavy atom. The molecule has 0 saturated carbocycles. The Labute approximate surface area is 183 Å². The molecular formula is C21H22N4O3S2. The number of thioether (sulfide) groups is 1. The molecule has 1 aromatic heterocycles. The molecule has 0 fully saturated rings. The summed E-state index contributed by atoms with van der Waals surface area (Å²) >= 11 is 3.11. The number of carbonyl (C=O) groups excluding carboxylic acids is 1. The molecule has 0 unspecified atom stereocenters. The molecule has 2 aromatic carbocycles. The average molecular weight is 443 g/mol. The standard InChI is InChI=1S/C21H22N4O3S2/c1-23(2)12-13-24(21-22-20-17(29-3)8-5-9-18(20)30-21)19(26)11-10-15-6-4-7-16(14-15)25(27)28/h4-11,14H,12-13H2,1-3H3. The van der Waals surface area contributed by atoms with E-state index >= 15 is 0 Å². The van der Waals surface area contributed by atoms with Crippen LogP contribution in [0.2, 0.25) is 0 Å². The first-order chi connectivity index (χ1) is 14.4. The summed E-state index contributed by atoms with van der Waals surface area (Å²) in [5.74, 6) is -0.215. The molecule has 9 heteroatoms. The molecule has 1 heterocycles. The van der Waals surface area contributed by atoms with Crippen molar-refractivity contribution in [3.63, 3.8) is 0 Å². The number of non-ortho nitro benzene ring substituents is 1. The van der Waals surface area contributed by atoms with E-state index in [2.05, 4.69) is 0 Å². The van der Waals surface area contributed by atoms with E-state index in [9.17, 15) is 14.9 Å². The number of benzene rings is 2. The molecular weight excluding hydrogens is 420 g/mol. The van der Waals surface area contributed by atoms with Crippen molar-refractivity contribution in [2.45, 2.75) is 4.90 Å². The average Bonchev–Trinajstić information content (AvgIpc) is 3.16. The normalized spacial score (nSPS) is 11.5. The molecule has 0 aliphatic carbocycles. The van der Waals surface area contributed by atoms with Gasteiger partial charge in [0.1, 0.15) is 0 Å². The topological polar surface area (TPSA) is 79.6 Å². The number of fused-ring (bicyclic) bond motifs is 1. The zero-order chi connectivity index (χ0) is 21.7. The molecule has 3 aromatic rings. The molecule has 0 bridgehead atoms. The van der Waals surface area contributed by atoms with E-state index in [0.29, 0.717) is 23.8 Å². The molecule has 7 nitrogen and oxygen atoms in total. The summed E-state index contributed by atoms with van der Waals surface area (Å²) in [7, 11) is 3.90. The highest BCUT2D eigenvalue weighted by Crippen LogP contribution is 2.34. The van der Waals surface area contributed by atoms with Crippen LogP contribution in [0.3, 0.4) is 0 Å². The van der Waals surface area contributed by atoms with Gasteiger partial charge in [0.2, 0.25) is 0 Å². The first-order valence-corrected chi connectivity index (χ1v) is 11.3. The zero-order valence-electron chi connectivity index (χ0n) is 16.9. The minimum absolute atomic E-state index is 0.00942. The van der Waals surface area contributed by atoms with Gasteiger partial charge in [0.15, 0.2) is 5.13 Å². The number of nitro groups is 1. The quantitative estimate of drug-likeness (QED) is 0.221. The van der Waals surface area contributed by atoms with Crippen LogP contribution < -0.4 is 4.90 Å². The molecule has 0 radical (unpaired) electrons. The highest BCUT2D eigenvalue weighted by atomic mass is 32.2. The third-order valence-corrected chi connectivity index (χ3v) is 6.17. The molecule has 0 saturated heterocycles. The number of nitrogens with zero attached hydrogens (tertiary/aromatic N) is 4. The van der Waals surface area contributed by atoms with Gasteiger partial charge in [-0.1, -0.05) is 29.5 Å². The Bertz CT molecular complexity index is 1090. The fraction of sp³-hybridized carbons (Fsp3) is 0.238. The number of aromatic nitrogens is 1. The number of para-hydroxylation sites is 1. The van der Waals surface area contributed by atoms with Gasteiger partial charge >= 0.3 is 0 Å². The van der Waals surface area contributed by atoms with Crippen LogP contribution in [0.4, 0.5) is 10.8 Å². The van der Waals surface area contributed by atoms with Crippen LogP contribution in [0.1, 0.15) is 5.56 Å². The number of carbonyl (C=O) groups is 1. The maximum atomic E-state index is 13.0. The number of thiazole rings is 1. The first kappa shape index (κ1) is 21.9. The lowest BCUT2D eigenvalue weighted by Crippen LogP contribution is -2.35. The molecule has 0 aliphatic heterocycles. The second-order valence-electron chi connectivity index (χ2n) is 6.78. The Kier molecular flexibility index (Phi) is 7.20. The number of rotatable bonds is 8. The van der Waals surface area contributed by atoms with Gasteiger partial charge in [0, 0.05) is 36.2 Å². The van der Waals surface area contributed by atoms with Crippen molar-refractivity contribution in [1.29, 1.82) is 0 Å². The zero-order valence-corrected chi connectivity index (χ0v) is 18.6. The second kappa shape index (κ2) is 9.84. The smallest absolute Gasteiger partial charge is 0.270 e. The van der Waals surface area contributed by atoms with Crippen LogP contribution >= 0.6 is 23.1 Å². The van der Waals surface area contributed by atoms with Crippen molar-refractivity contribution in [3.8, 4) is 0 Å². The van der Waals surface area contributed by atoms with Gasteiger partial charge in [-0.15, -0.1) is 11.8 Å². The van der Waals surface area contributed by atoms with Crippen LogP contribution in [0.5, 0.6) is 0 Å². The van der Waals surface area contributed by atoms with Gasteiger partial charge in [-0.2, -0.15) is 0 Å². The Morgan fingerprint density at radius 1 is 1.23 bits per heavy atom. The monoisotopic (exact) mass is 442 g/mol. The molecule has 0 aliphatic rings. The number of likely N-dealkylation sites (N-methyl/N-ethyl adjacent to an activating group) is 1. The minimum atomic E-state index is -0.451. The van der Waals surface area contributed by atoms with Crippen LogP contribution in [0.25, 0.3) is 16.3 Å². The fourth-order valence-corrected chi connectivity index (χ4v) is 4.44. The lowest BCUT2D eigenvalue weighted by atomic mass is 10.2. The van der Waals surface area contributed by atoms with Crippen LogP contribution in [-0.2, 0) is 4.79 Å². The molecule has 0 N–H and O–H groups in total. The van der Waals surface area contributed by atoms with E-state index in [0.717, 1.165) is 15.1 Å². The predicted octanol–water partition coefficient (Wildman–Crippen LogP) is 4.53. The van der Waals surface area contributed by atoms with Gasteiger partial charge in [-0.3, -0.25) is 19.8 Å². The van der Waals surface area contributed by atoms with Gasteiger partial charge in [-0.25, -0.2) is 4.98 Å². The lowest BCUT2D eigenvalue weighted by Gasteiger charge is -2.20. The largest absolute Gasteiger partial charge is 0.308 e. The lowest BCUT2D eigenvalue weighted by molar-refractivity contribution is -0.384. The van der Waals surface area contributed by atoms with Crippen molar-refractivity contribution >= 4 is 56.1 Å². The van der Waals surface area contributed by atoms with Gasteiger partial charge in [0.25, 0.3) is 11.6 Å². The summed E-state index contributed by atoms with van der Waals surface area (Å²) in [6.45, 7) is 1.17. The van der Waals surface area contributed by atoms with E-state index < -0.39 is 4.92 Å². The summed E-state index contributed by atoms with van der Waals surface area (Å²) < 4.78 is 1.03. The summed E-state index contributed by atoms with van der Waals surface area (Å²) in [4.78, 5) is 33.0. The summed E-state index contributed by atoms with van der Waals surface area (Å²) in [6, 6.07) is 12.2. The number of anilines is 1. The Balaban J connectivity index is 1.90. The maximum Gasteiger partial charge on any atom is 0.270 e. The third-order valence-electron chi connectivity index (χ3n) is 4.36. The molecule has 156 valence electrons. The molecule has 0 atom stereocenters. The molecule has 30 heavy (non-hydrogen) atoms. The fourth-order valence-electron chi connectivity index (χ4n) is 2.79. The molecule has 0 spiro atoms. The van der Waals surface area contributed by atoms with E-state index in [1.54, 1.807) is 34.9 Å². The van der Waals surface area contributed by atoms with Gasteiger partial charge in [-0.05, 0) is 44.1 Å². The van der Waals surface area contributed by atoms with E-state index in [-0.39, 0.29) is 11.6 Å². The number of hydrogen-bond donors (Lipinski definition) is 0. The summed E-state index contributed by atoms with van der Waals surface area (Å²) in [5.41, 5.74) is 1.49. The summed E-state index contributed by atoms with van der Waals surface area (Å²) in [5, 5.41) is 11.6. The highest BCUT2D eigenvalue weighted by Gasteiger charge is 2.19. The Morgan fingerprint density at radius 2 is 2.00 bits per heavy atom. The van der Waals surface area contributed by atoms with Crippen LogP contribution in [-0.4, -0.2) is 54.2 Å². The first-order valence-electron chi connectivity index (χ1n) is 9.21. The van der Waals surface area contributed by atoms with E-state index in [1.165, 1.54) is 29.5 Å². The van der Waals surface area contributed by atoms with Crippen LogP contribution in [0, 0.1) is 10.1 Å². The molecule has 3 rings (SSSR count). The second-order valence-corrected chi connectivity index (χ2v) is 8.64. The minimum Gasteiger partial charge on any atom is -0.308 e.